The first-order valence-electron chi connectivity index (χ1n) is 13.1. The number of aromatic nitrogens is 2. The number of imidazole rings is 1. The van der Waals surface area contributed by atoms with Gasteiger partial charge in [-0.2, -0.15) is 0 Å². The molecule has 0 aliphatic heterocycles. The van der Waals surface area contributed by atoms with Crippen LogP contribution in [0.1, 0.15) is 84.8 Å². The number of carbonyl (C=O) groups excluding carboxylic acids is 2. The topological polar surface area (TPSA) is 107 Å². The Morgan fingerprint density at radius 1 is 1.21 bits per heavy atom. The zero-order valence-corrected chi connectivity index (χ0v) is 21.6. The number of nitrogens with one attached hydrogen (secondary N) is 3. The third-order valence-corrected chi connectivity index (χ3v) is 7.00. The standard InChI is InChI=1S/C27H46N4O3/c1-6-21(19(4)5)14-25(32)23(13-20-10-8-7-9-11-20)31-27(34)24(15-22-16-28-17-29-22)30-26(33)12-18(2)3/h6,16-21,23-25,32H,1,7-15H2,2-5H3,(H,28,29)(H,30,33)(H,31,34)/t21-,23-,24-,25-/m0/s1. The molecule has 2 rings (SSSR count). The van der Waals surface area contributed by atoms with E-state index < -0.39 is 12.1 Å². The van der Waals surface area contributed by atoms with E-state index >= 15 is 0 Å². The fourth-order valence-electron chi connectivity index (χ4n) is 4.91. The quantitative estimate of drug-likeness (QED) is 0.304. The van der Waals surface area contributed by atoms with Crippen molar-refractivity contribution in [3.05, 3.63) is 30.9 Å². The third kappa shape index (κ3) is 9.61. The molecule has 0 unspecified atom stereocenters. The summed E-state index contributed by atoms with van der Waals surface area (Å²) in [4.78, 5) is 33.0. The lowest BCUT2D eigenvalue weighted by Crippen LogP contribution is -2.54. The average Bonchev–Trinajstić information content (AvgIpc) is 3.29. The maximum absolute atomic E-state index is 13.4. The van der Waals surface area contributed by atoms with Crippen LogP contribution in [-0.4, -0.2) is 45.1 Å². The van der Waals surface area contributed by atoms with Crippen LogP contribution in [-0.2, 0) is 16.0 Å². The Kier molecular flexibility index (Phi) is 11.8. The maximum Gasteiger partial charge on any atom is 0.243 e. The largest absolute Gasteiger partial charge is 0.391 e. The number of allylic oxidation sites excluding steroid dienone is 1. The lowest BCUT2D eigenvalue weighted by Gasteiger charge is -2.33. The minimum Gasteiger partial charge on any atom is -0.391 e. The van der Waals surface area contributed by atoms with E-state index in [1.807, 2.05) is 19.9 Å². The Balaban J connectivity index is 2.16. The van der Waals surface area contributed by atoms with Crippen LogP contribution >= 0.6 is 0 Å². The van der Waals surface area contributed by atoms with Crippen LogP contribution in [0.5, 0.6) is 0 Å². The normalized spacial score (nSPS) is 18.3. The summed E-state index contributed by atoms with van der Waals surface area (Å²) in [6.07, 6.45) is 12.4. The Morgan fingerprint density at radius 3 is 2.47 bits per heavy atom. The van der Waals surface area contributed by atoms with Crippen LogP contribution in [0.25, 0.3) is 0 Å². The molecule has 0 bridgehead atoms. The number of aliphatic hydroxyl groups excluding tert-OH is 1. The highest BCUT2D eigenvalue weighted by Crippen LogP contribution is 2.29. The third-order valence-electron chi connectivity index (χ3n) is 7.00. The number of aliphatic hydroxyl groups is 1. The highest BCUT2D eigenvalue weighted by atomic mass is 16.3. The molecule has 2 amide bonds. The molecule has 1 saturated carbocycles. The first-order chi connectivity index (χ1) is 16.2. The molecular weight excluding hydrogens is 428 g/mol. The van der Waals surface area contributed by atoms with Gasteiger partial charge in [0.25, 0.3) is 0 Å². The minimum atomic E-state index is -0.729. The zero-order valence-electron chi connectivity index (χ0n) is 21.6. The number of rotatable bonds is 14. The van der Waals surface area contributed by atoms with E-state index in [-0.39, 0.29) is 29.7 Å². The molecule has 7 nitrogen and oxygen atoms in total. The number of hydrogen-bond acceptors (Lipinski definition) is 4. The molecule has 1 aliphatic rings. The van der Waals surface area contributed by atoms with Crippen molar-refractivity contribution in [2.45, 2.75) is 104 Å². The van der Waals surface area contributed by atoms with Gasteiger partial charge in [0.15, 0.2) is 0 Å². The van der Waals surface area contributed by atoms with Crippen molar-refractivity contribution in [2.24, 2.45) is 23.7 Å². The molecule has 0 saturated heterocycles. The van der Waals surface area contributed by atoms with Crippen LogP contribution in [0.3, 0.4) is 0 Å². The van der Waals surface area contributed by atoms with Crippen LogP contribution in [0.4, 0.5) is 0 Å². The summed E-state index contributed by atoms with van der Waals surface area (Å²) in [7, 11) is 0. The van der Waals surface area contributed by atoms with Crippen LogP contribution in [0.15, 0.2) is 25.2 Å². The summed E-state index contributed by atoms with van der Waals surface area (Å²) >= 11 is 0. The van der Waals surface area contributed by atoms with Crippen molar-refractivity contribution in [3.63, 3.8) is 0 Å². The zero-order chi connectivity index (χ0) is 25.1. The summed E-state index contributed by atoms with van der Waals surface area (Å²) < 4.78 is 0. The number of aromatic amines is 1. The molecule has 0 aromatic carbocycles. The van der Waals surface area contributed by atoms with Crippen molar-refractivity contribution in [2.75, 3.05) is 0 Å². The van der Waals surface area contributed by atoms with Gasteiger partial charge < -0.3 is 20.7 Å². The van der Waals surface area contributed by atoms with E-state index in [4.69, 9.17) is 0 Å². The van der Waals surface area contributed by atoms with E-state index in [1.54, 1.807) is 12.5 Å². The monoisotopic (exact) mass is 474 g/mol. The van der Waals surface area contributed by atoms with E-state index in [0.29, 0.717) is 31.1 Å². The Hall–Kier alpha value is -2.15. The highest BCUT2D eigenvalue weighted by molar-refractivity contribution is 5.88. The van der Waals surface area contributed by atoms with Gasteiger partial charge in [-0.05, 0) is 36.5 Å². The molecule has 4 N–H and O–H groups in total. The summed E-state index contributed by atoms with van der Waals surface area (Å²) in [5.41, 5.74) is 0.779. The van der Waals surface area contributed by atoms with Crippen LogP contribution in [0, 0.1) is 23.7 Å². The highest BCUT2D eigenvalue weighted by Gasteiger charge is 2.31. The number of amides is 2. The molecule has 1 aromatic heterocycles. The van der Waals surface area contributed by atoms with Crippen molar-refractivity contribution in [1.82, 2.24) is 20.6 Å². The predicted octanol–water partition coefficient (Wildman–Crippen LogP) is 4.15. The average molecular weight is 475 g/mol. The SMILES string of the molecule is C=C[C@@H](C[C@H](O)[C@H](CC1CCCCC1)NC(=O)[C@H](Cc1cnc[nH]1)NC(=O)CC(C)C)C(C)C. The number of nitrogens with zero attached hydrogens (tertiary/aromatic N) is 1. The van der Waals surface area contributed by atoms with Gasteiger partial charge in [0, 0.05) is 24.7 Å². The molecule has 0 spiro atoms. The van der Waals surface area contributed by atoms with Gasteiger partial charge in [-0.25, -0.2) is 4.98 Å². The summed E-state index contributed by atoms with van der Waals surface area (Å²) in [5.74, 6) is 0.825. The minimum absolute atomic E-state index is 0.148. The fraction of sp³-hybridized carbons (Fsp3) is 0.741. The maximum atomic E-state index is 13.4. The van der Waals surface area contributed by atoms with E-state index in [2.05, 4.69) is 41.0 Å². The molecule has 1 fully saturated rings. The van der Waals surface area contributed by atoms with Gasteiger partial charge in [0.05, 0.1) is 18.5 Å². The summed E-state index contributed by atoms with van der Waals surface area (Å²) in [5, 5.41) is 17.3. The van der Waals surface area contributed by atoms with Crippen molar-refractivity contribution in [3.8, 4) is 0 Å². The molecule has 1 heterocycles. The van der Waals surface area contributed by atoms with Crippen molar-refractivity contribution < 1.29 is 14.7 Å². The molecule has 1 aliphatic carbocycles. The van der Waals surface area contributed by atoms with Crippen molar-refractivity contribution >= 4 is 11.8 Å². The summed E-state index contributed by atoms with van der Waals surface area (Å²) in [6.45, 7) is 12.1. The fourth-order valence-corrected chi connectivity index (χ4v) is 4.91. The van der Waals surface area contributed by atoms with E-state index in [9.17, 15) is 14.7 Å². The Bertz CT molecular complexity index is 741. The van der Waals surface area contributed by atoms with Crippen molar-refractivity contribution in [1.29, 1.82) is 0 Å². The van der Waals surface area contributed by atoms with Gasteiger partial charge in [0.1, 0.15) is 6.04 Å². The predicted molar refractivity (Wildman–Crippen MR) is 136 cm³/mol. The summed E-state index contributed by atoms with van der Waals surface area (Å²) in [6, 6.07) is -1.09. The van der Waals surface area contributed by atoms with E-state index in [0.717, 1.165) is 25.0 Å². The van der Waals surface area contributed by atoms with E-state index in [1.165, 1.54) is 19.3 Å². The lowest BCUT2D eigenvalue weighted by molar-refractivity contribution is -0.130. The molecule has 34 heavy (non-hydrogen) atoms. The molecule has 4 atom stereocenters. The molecular formula is C27H46N4O3. The number of hydrogen-bond donors (Lipinski definition) is 4. The van der Waals surface area contributed by atoms with Gasteiger partial charge in [-0.1, -0.05) is 65.9 Å². The second-order valence-corrected chi connectivity index (χ2v) is 10.8. The second-order valence-electron chi connectivity index (χ2n) is 10.8. The van der Waals surface area contributed by atoms with Gasteiger partial charge in [0.2, 0.25) is 11.8 Å². The Labute approximate surface area is 205 Å². The molecule has 1 aromatic rings. The first-order valence-corrected chi connectivity index (χ1v) is 13.1. The molecule has 0 radical (unpaired) electrons. The first kappa shape index (κ1) is 28.1. The smallest absolute Gasteiger partial charge is 0.243 e. The van der Waals surface area contributed by atoms with Crippen LogP contribution < -0.4 is 10.6 Å². The van der Waals surface area contributed by atoms with Gasteiger partial charge in [-0.3, -0.25) is 9.59 Å². The molecule has 7 heteroatoms. The lowest BCUT2D eigenvalue weighted by atomic mass is 9.81. The number of carbonyl (C=O) groups is 2. The van der Waals surface area contributed by atoms with Crippen LogP contribution in [0.2, 0.25) is 0 Å². The Morgan fingerprint density at radius 2 is 1.91 bits per heavy atom. The van der Waals surface area contributed by atoms with Gasteiger partial charge in [-0.15, -0.1) is 6.58 Å². The van der Waals surface area contributed by atoms with Gasteiger partial charge >= 0.3 is 0 Å². The molecule has 192 valence electrons. The second kappa shape index (κ2) is 14.3. The number of H-pyrrole nitrogens is 1.